The highest BCUT2D eigenvalue weighted by Crippen LogP contribution is 2.61. The molecule has 0 amide bonds. The van der Waals surface area contributed by atoms with Gasteiger partial charge in [0.05, 0.1) is 61.4 Å². The van der Waals surface area contributed by atoms with Crippen LogP contribution in [0.2, 0.25) is 0 Å². The van der Waals surface area contributed by atoms with Crippen LogP contribution < -0.4 is 9.47 Å². The van der Waals surface area contributed by atoms with Crippen molar-refractivity contribution in [2.45, 2.75) is 184 Å². The van der Waals surface area contributed by atoms with Crippen LogP contribution >= 0.6 is 0 Å². The molecule has 17 aliphatic rings. The molecule has 16 fully saturated rings. The molecule has 121 heavy (non-hydrogen) atoms. The molecule has 0 aliphatic heterocycles. The summed E-state index contributed by atoms with van der Waals surface area (Å²) in [4.78, 5) is 57.4. The van der Waals surface area contributed by atoms with E-state index in [9.17, 15) is 39.6 Å². The number of esters is 4. The van der Waals surface area contributed by atoms with E-state index in [-0.39, 0.29) is 84.3 Å². The van der Waals surface area contributed by atoms with Crippen molar-refractivity contribution < 1.29 is 82.2 Å². The highest BCUT2D eigenvalue weighted by molar-refractivity contribution is 5.91. The molecule has 0 spiro atoms. The lowest BCUT2D eigenvalue weighted by atomic mass is 9.52. The van der Waals surface area contributed by atoms with E-state index in [4.69, 9.17) is 42.6 Å². The second-order valence-corrected chi connectivity index (χ2v) is 39.6. The molecule has 17 heteroatoms. The highest BCUT2D eigenvalue weighted by atomic mass is 16.7. The van der Waals surface area contributed by atoms with E-state index in [0.29, 0.717) is 149 Å². The van der Waals surface area contributed by atoms with Crippen LogP contribution in [-0.2, 0) is 33.2 Å². The Morgan fingerprint density at radius 3 is 0.777 bits per heavy atom. The third-order valence-corrected chi connectivity index (χ3v) is 32.6. The third-order valence-electron chi connectivity index (χ3n) is 32.6. The predicted octanol–water partition coefficient (Wildman–Crippen LogP) is 20.3. The summed E-state index contributed by atoms with van der Waals surface area (Å²) >= 11 is 0. The molecule has 0 aromatic heterocycles. The van der Waals surface area contributed by atoms with Gasteiger partial charge in [-0.15, -0.1) is 0 Å². The Hall–Kier alpha value is -9.68. The number of rotatable bonds is 21. The maximum absolute atomic E-state index is 14.5. The SMILES string of the molecule is COc1cc(O)c2cc1C(c1ccc(C(=O)OCOC3C4CC5CC(C4)CC3C5)cc1)c1cc(c(OC)cc1O)C(c1ccc(C(=O)OCOC3C4CC5CC(C4)CC3C5)cc1)c1cc(c(C)cc1O)C(c1ccc(C(=O)OCOC3C4CC5CC(C4)CC3C5)cc1)c1cc(c(C)cc1O)C2c1ccc(C(=O)OCC2C3CC4CC(C3)CC2C4)cc1. The van der Waals surface area contributed by atoms with E-state index in [1.807, 2.05) is 86.6 Å². The van der Waals surface area contributed by atoms with Crippen LogP contribution in [0, 0.1) is 114 Å². The Kier molecular flexibility index (Phi) is 20.7. The molecule has 0 saturated heterocycles. The second kappa shape index (κ2) is 31.9. The van der Waals surface area contributed by atoms with Gasteiger partial charge in [-0.05, 0) is 372 Å². The van der Waals surface area contributed by atoms with Gasteiger partial charge in [-0.25, -0.2) is 19.2 Å². The van der Waals surface area contributed by atoms with Gasteiger partial charge in [0, 0.05) is 69.2 Å². The number of phenolic OH excluding ortho intramolecular Hbond substituents is 4. The number of aromatic hydroxyl groups is 4. The summed E-state index contributed by atoms with van der Waals surface area (Å²) in [6, 6.07) is 43.0. The molecule has 25 rings (SSSR count). The highest BCUT2D eigenvalue weighted by Gasteiger charge is 2.53. The molecule has 4 atom stereocenters. The Bertz CT molecular complexity index is 5190. The monoisotopic (exact) mass is 1630 g/mol. The predicted molar refractivity (Wildman–Crippen MR) is 452 cm³/mol. The van der Waals surface area contributed by atoms with Crippen molar-refractivity contribution in [1.82, 2.24) is 0 Å². The van der Waals surface area contributed by atoms with E-state index in [0.717, 1.165) is 124 Å². The Balaban J connectivity index is 0.692. The van der Waals surface area contributed by atoms with Crippen LogP contribution in [-0.4, -0.2) is 104 Å². The number of aryl methyl sites for hydroxylation is 2. The van der Waals surface area contributed by atoms with Gasteiger partial charge in [0.25, 0.3) is 0 Å². The first-order valence-corrected chi connectivity index (χ1v) is 45.3. The van der Waals surface area contributed by atoms with Gasteiger partial charge in [0.15, 0.2) is 20.4 Å². The van der Waals surface area contributed by atoms with Crippen molar-refractivity contribution in [1.29, 1.82) is 0 Å². The summed E-state index contributed by atoms with van der Waals surface area (Å²) in [6.07, 6.45) is 24.2. The normalized spacial score (nSPS) is 32.5. The van der Waals surface area contributed by atoms with Crippen LogP contribution in [0.4, 0.5) is 0 Å². The summed E-state index contributed by atoms with van der Waals surface area (Å²) in [5.41, 5.74) is 8.97. The maximum Gasteiger partial charge on any atom is 0.340 e. The van der Waals surface area contributed by atoms with Gasteiger partial charge in [0.2, 0.25) is 0 Å². The quantitative estimate of drug-likeness (QED) is 0.0297. The number of phenols is 4. The number of methoxy groups -OCH3 is 2. The van der Waals surface area contributed by atoms with Crippen LogP contribution in [0.3, 0.4) is 0 Å². The molecular weight excluding hydrogens is 1520 g/mol. The number of hydrogen-bond acceptors (Lipinski definition) is 17. The van der Waals surface area contributed by atoms with Crippen LogP contribution in [0.5, 0.6) is 34.5 Å². The van der Waals surface area contributed by atoms with Gasteiger partial charge in [-0.3, -0.25) is 0 Å². The molecular formula is C104H112O17. The average Bonchev–Trinajstić information content (AvgIpc) is 0.729. The van der Waals surface area contributed by atoms with Crippen molar-refractivity contribution in [2.24, 2.45) is 101 Å². The number of carbonyl (C=O) groups is 4. The van der Waals surface area contributed by atoms with Crippen molar-refractivity contribution in [3.05, 3.63) is 246 Å². The zero-order valence-electron chi connectivity index (χ0n) is 69.8. The molecule has 630 valence electrons. The maximum atomic E-state index is 14.5. The van der Waals surface area contributed by atoms with Crippen molar-refractivity contribution in [3.8, 4) is 34.5 Å². The zero-order chi connectivity index (χ0) is 82.3. The van der Waals surface area contributed by atoms with Gasteiger partial charge in [-0.2, -0.15) is 0 Å². The minimum absolute atomic E-state index is 0.0580. The second-order valence-electron chi connectivity index (χ2n) is 39.6. The van der Waals surface area contributed by atoms with E-state index >= 15 is 0 Å². The van der Waals surface area contributed by atoms with Crippen molar-refractivity contribution >= 4 is 23.9 Å². The van der Waals surface area contributed by atoms with Crippen LogP contribution in [0.15, 0.2) is 146 Å². The number of ether oxygens (including phenoxy) is 9. The van der Waals surface area contributed by atoms with E-state index in [2.05, 4.69) is 0 Å². The number of benzene rings is 8. The lowest BCUT2D eigenvalue weighted by Crippen LogP contribution is -2.49. The molecule has 0 radical (unpaired) electrons. The molecule has 4 N–H and O–H groups in total. The molecule has 0 heterocycles. The fourth-order valence-electron chi connectivity index (χ4n) is 28.1. The fourth-order valence-corrected chi connectivity index (χ4v) is 28.1. The minimum Gasteiger partial charge on any atom is -0.508 e. The number of hydrogen-bond donors (Lipinski definition) is 4. The first-order valence-electron chi connectivity index (χ1n) is 45.3. The molecule has 4 unspecified atom stereocenters. The molecule has 17 aliphatic carbocycles. The number of fused-ring (bicyclic) bond motifs is 8. The third kappa shape index (κ3) is 14.6. The lowest BCUT2D eigenvalue weighted by molar-refractivity contribution is -0.162. The Morgan fingerprint density at radius 2 is 0.512 bits per heavy atom. The van der Waals surface area contributed by atoms with Gasteiger partial charge in [-0.1, -0.05) is 48.5 Å². The number of carbonyl (C=O) groups excluding carboxylic acids is 4. The smallest absolute Gasteiger partial charge is 0.340 e. The summed E-state index contributed by atoms with van der Waals surface area (Å²) in [6.45, 7) is 3.71. The molecule has 17 nitrogen and oxygen atoms in total. The Morgan fingerprint density at radius 1 is 0.281 bits per heavy atom. The zero-order valence-corrected chi connectivity index (χ0v) is 69.8. The van der Waals surface area contributed by atoms with E-state index < -0.39 is 47.5 Å². The first-order chi connectivity index (χ1) is 58.8. The Labute approximate surface area is 708 Å². The fraction of sp³-hybridized carbons (Fsp3) is 0.500. The lowest BCUT2D eigenvalue weighted by Gasteiger charge is -2.54. The molecule has 24 bridgehead atoms. The summed E-state index contributed by atoms with van der Waals surface area (Å²) in [5, 5.41) is 52.6. The van der Waals surface area contributed by atoms with Crippen molar-refractivity contribution in [2.75, 3.05) is 41.2 Å². The van der Waals surface area contributed by atoms with Crippen LogP contribution in [0.25, 0.3) is 0 Å². The first kappa shape index (κ1) is 78.6. The summed E-state index contributed by atoms with van der Waals surface area (Å²) in [5.74, 6) is 4.73. The van der Waals surface area contributed by atoms with Gasteiger partial charge >= 0.3 is 23.9 Å². The summed E-state index contributed by atoms with van der Waals surface area (Å²) < 4.78 is 56.4. The van der Waals surface area contributed by atoms with Gasteiger partial charge in [0.1, 0.15) is 34.5 Å². The van der Waals surface area contributed by atoms with Crippen molar-refractivity contribution in [3.63, 3.8) is 0 Å². The largest absolute Gasteiger partial charge is 0.508 e. The topological polar surface area (TPSA) is 232 Å². The van der Waals surface area contributed by atoms with E-state index in [1.165, 1.54) is 65.6 Å². The minimum atomic E-state index is -0.985. The molecule has 16 saturated carbocycles. The molecule has 8 aromatic carbocycles. The van der Waals surface area contributed by atoms with E-state index in [1.54, 1.807) is 72.8 Å². The average molecular weight is 1630 g/mol. The van der Waals surface area contributed by atoms with Gasteiger partial charge < -0.3 is 63.1 Å². The van der Waals surface area contributed by atoms with Crippen LogP contribution in [0.1, 0.15) is 271 Å². The standard InChI is InChI=1S/C104H112O17/c1-53-21-88(105)81-43-79(53)95(64-5-13-67(14-6-64)101(109)115-49-87-71-27-55-23-56(29-71)30-72(87)28-55)83-45-85(92(113-3)47-90(83)107)97(66-11-19-70(20-12-66)104(112)121-52-118-100-77-39-61-26-62(41-77)42-78(100)40-61)84-46-86(93(114-4)48-91(84)108)96(65-9-17-69(18-10-65)103(111)120-51-117-99-75-35-59-25-60(37-75)38-76(99)36-59)82-44-80(54(2)22-89(82)106)94(81)63-7-15-68(16-8-63)102(110)119-50-116-98-73-31-57-24-58(33-73)34-74(98)32-57/h5-22,43-48,55-62,71-78,87,94-100,105-108H,23-42,49-52H2,1-4H3. The molecule has 8 aromatic rings. The summed E-state index contributed by atoms with van der Waals surface area (Å²) in [7, 11) is 3.04.